The van der Waals surface area contributed by atoms with Crippen molar-refractivity contribution in [2.24, 2.45) is 0 Å². The zero-order valence-corrected chi connectivity index (χ0v) is 6.30. The second-order valence-electron chi connectivity index (χ2n) is 0.946. The molecule has 0 heterocycles. The summed E-state index contributed by atoms with van der Waals surface area (Å²) in [6, 6.07) is 0. The van der Waals surface area contributed by atoms with E-state index in [2.05, 4.69) is 5.32 Å². The van der Waals surface area contributed by atoms with E-state index in [9.17, 15) is 0 Å². The molecule has 0 aromatic carbocycles. The molecule has 0 saturated heterocycles. The molecule has 0 radical (unpaired) electrons. The maximum absolute atomic E-state index is 8.56. The van der Waals surface area contributed by atoms with E-state index in [4.69, 9.17) is 43.3 Å². The molecule has 0 fully saturated rings. The van der Waals surface area contributed by atoms with Crippen molar-refractivity contribution in [3.8, 4) is 0 Å². The average molecular weight is 192 g/mol. The predicted octanol–water partition coefficient (Wildman–Crippen LogP) is 0.509. The van der Waals surface area contributed by atoms with Gasteiger partial charge in [0.05, 0.1) is 6.73 Å². The second kappa shape index (κ2) is 8.77. The van der Waals surface area contributed by atoms with Gasteiger partial charge in [-0.1, -0.05) is 23.2 Å². The summed E-state index contributed by atoms with van der Waals surface area (Å²) >= 11 is 10.1. The molecule has 0 atom stereocenters. The lowest BCUT2D eigenvalue weighted by Crippen LogP contribution is -2.18. The van der Waals surface area contributed by atoms with Crippen LogP contribution >= 0.6 is 23.2 Å². The second-order valence-corrected chi connectivity index (χ2v) is 2.04. The Labute approximate surface area is 67.2 Å². The summed E-state index contributed by atoms with van der Waals surface area (Å²) in [7, 11) is 0. The predicted molar refractivity (Wildman–Crippen MR) is 36.4 cm³/mol. The fraction of sp³-hybridized carbons (Fsp3) is 0.667. The normalized spacial score (nSPS) is 8.40. The van der Waals surface area contributed by atoms with Crippen LogP contribution < -0.4 is 5.32 Å². The van der Waals surface area contributed by atoms with Gasteiger partial charge in [-0.3, -0.25) is 5.32 Å². The SMILES string of the molecule is O=C(O)O.OCNC(Cl)Cl. The van der Waals surface area contributed by atoms with Gasteiger partial charge in [-0.05, 0) is 0 Å². The lowest BCUT2D eigenvalue weighted by atomic mass is 11.2. The molecule has 0 unspecified atom stereocenters. The van der Waals surface area contributed by atoms with Crippen LogP contribution in [-0.4, -0.2) is 33.2 Å². The highest BCUT2D eigenvalue weighted by Crippen LogP contribution is 1.92. The summed E-state index contributed by atoms with van der Waals surface area (Å²) in [5.41, 5.74) is 0. The summed E-state index contributed by atoms with van der Waals surface area (Å²) in [5, 5.41) is 24.2. The maximum atomic E-state index is 8.56. The van der Waals surface area contributed by atoms with E-state index in [1.54, 1.807) is 0 Å². The summed E-state index contributed by atoms with van der Waals surface area (Å²) < 4.78 is 0. The molecule has 7 heteroatoms. The first-order chi connectivity index (χ1) is 4.50. The van der Waals surface area contributed by atoms with Gasteiger partial charge in [-0.15, -0.1) is 0 Å². The Hall–Kier alpha value is -0.230. The average Bonchev–Trinajstić information content (AvgIpc) is 1.62. The molecule has 0 saturated carbocycles. The van der Waals surface area contributed by atoms with Gasteiger partial charge in [-0.2, -0.15) is 0 Å². The fourth-order valence-electron chi connectivity index (χ4n) is 0.0690. The smallest absolute Gasteiger partial charge is 0.450 e. The number of nitrogens with one attached hydrogen (secondary N) is 1. The lowest BCUT2D eigenvalue weighted by molar-refractivity contribution is 0.137. The number of hydrogen-bond acceptors (Lipinski definition) is 3. The molecular weight excluding hydrogens is 185 g/mol. The van der Waals surface area contributed by atoms with Gasteiger partial charge in [0.2, 0.25) is 0 Å². The third-order valence-electron chi connectivity index (χ3n) is 0.246. The van der Waals surface area contributed by atoms with E-state index < -0.39 is 11.1 Å². The number of rotatable bonds is 2. The van der Waals surface area contributed by atoms with Crippen LogP contribution in [-0.2, 0) is 0 Å². The Bertz CT molecular complexity index is 84.6. The first-order valence-electron chi connectivity index (χ1n) is 2.05. The van der Waals surface area contributed by atoms with Crippen LogP contribution in [0.3, 0.4) is 0 Å². The van der Waals surface area contributed by atoms with Crippen LogP contribution in [0.5, 0.6) is 0 Å². The molecule has 5 nitrogen and oxygen atoms in total. The first kappa shape index (κ1) is 12.4. The summed E-state index contributed by atoms with van der Waals surface area (Å²) in [5.74, 6) is 0. The van der Waals surface area contributed by atoms with Gasteiger partial charge in [0.25, 0.3) is 0 Å². The third-order valence-corrected chi connectivity index (χ3v) is 0.554. The Morgan fingerprint density at radius 1 is 1.50 bits per heavy atom. The van der Waals surface area contributed by atoms with Crippen molar-refractivity contribution in [1.29, 1.82) is 0 Å². The van der Waals surface area contributed by atoms with Gasteiger partial charge in [0.1, 0.15) is 0 Å². The first-order valence-corrected chi connectivity index (χ1v) is 2.92. The minimum atomic E-state index is -1.83. The molecule has 0 bridgehead atoms. The van der Waals surface area contributed by atoms with Gasteiger partial charge in [0, 0.05) is 0 Å². The van der Waals surface area contributed by atoms with Crippen molar-refractivity contribution in [3.63, 3.8) is 0 Å². The minimum Gasteiger partial charge on any atom is -0.450 e. The topological polar surface area (TPSA) is 89.8 Å². The summed E-state index contributed by atoms with van der Waals surface area (Å²) in [6.07, 6.45) is -1.83. The highest BCUT2D eigenvalue weighted by molar-refractivity contribution is 6.43. The molecule has 0 spiro atoms. The Morgan fingerprint density at radius 2 is 1.80 bits per heavy atom. The van der Waals surface area contributed by atoms with Crippen LogP contribution in [0, 0.1) is 0 Å². The van der Waals surface area contributed by atoms with Crippen LogP contribution in [0.1, 0.15) is 0 Å². The molecule has 10 heavy (non-hydrogen) atoms. The van der Waals surface area contributed by atoms with Crippen LogP contribution in [0.25, 0.3) is 0 Å². The number of carboxylic acid groups (broad SMARTS) is 2. The van der Waals surface area contributed by atoms with Crippen molar-refractivity contribution < 1.29 is 20.1 Å². The van der Waals surface area contributed by atoms with E-state index in [-0.39, 0.29) is 6.73 Å². The number of aliphatic hydroxyl groups is 1. The quantitative estimate of drug-likeness (QED) is 0.290. The maximum Gasteiger partial charge on any atom is 0.503 e. The zero-order valence-electron chi connectivity index (χ0n) is 4.79. The molecule has 0 aliphatic rings. The fourth-order valence-corrected chi connectivity index (χ4v) is 0.207. The Balaban J connectivity index is 0. The molecule has 0 amide bonds. The van der Waals surface area contributed by atoms with Crippen molar-refractivity contribution in [2.75, 3.05) is 6.73 Å². The zero-order chi connectivity index (χ0) is 8.57. The van der Waals surface area contributed by atoms with Crippen LogP contribution in [0.2, 0.25) is 0 Å². The summed E-state index contributed by atoms with van der Waals surface area (Å²) in [4.78, 5) is 7.90. The molecule has 62 valence electrons. The molecule has 4 N–H and O–H groups in total. The molecule has 0 aliphatic heterocycles. The van der Waals surface area contributed by atoms with Crippen molar-refractivity contribution >= 4 is 29.4 Å². The van der Waals surface area contributed by atoms with Gasteiger partial charge in [-0.25, -0.2) is 4.79 Å². The molecule has 0 aromatic heterocycles. The summed E-state index contributed by atoms with van der Waals surface area (Å²) in [6.45, 7) is -0.183. The Kier molecular flexibility index (Phi) is 10.9. The lowest BCUT2D eigenvalue weighted by Gasteiger charge is -1.95. The van der Waals surface area contributed by atoms with E-state index in [0.717, 1.165) is 0 Å². The monoisotopic (exact) mass is 191 g/mol. The number of alkyl halides is 2. The highest BCUT2D eigenvalue weighted by Gasteiger charge is 1.89. The Morgan fingerprint density at radius 3 is 1.80 bits per heavy atom. The van der Waals surface area contributed by atoms with Gasteiger partial charge >= 0.3 is 6.16 Å². The van der Waals surface area contributed by atoms with Gasteiger partial charge in [0.15, 0.2) is 4.96 Å². The minimum absolute atomic E-state index is 0.183. The van der Waals surface area contributed by atoms with E-state index in [1.807, 2.05) is 0 Å². The van der Waals surface area contributed by atoms with E-state index >= 15 is 0 Å². The van der Waals surface area contributed by atoms with Crippen LogP contribution in [0.15, 0.2) is 0 Å². The van der Waals surface area contributed by atoms with Crippen molar-refractivity contribution in [2.45, 2.75) is 4.96 Å². The van der Waals surface area contributed by atoms with Gasteiger partial charge < -0.3 is 15.3 Å². The molecule has 0 aliphatic carbocycles. The molecule has 0 aromatic rings. The van der Waals surface area contributed by atoms with E-state index in [0.29, 0.717) is 0 Å². The largest absolute Gasteiger partial charge is 0.503 e. The highest BCUT2D eigenvalue weighted by atomic mass is 35.5. The third kappa shape index (κ3) is 46.4. The van der Waals surface area contributed by atoms with Crippen LogP contribution in [0.4, 0.5) is 4.79 Å². The number of carbonyl (C=O) groups is 1. The molecule has 0 rings (SSSR count). The van der Waals surface area contributed by atoms with E-state index in [1.165, 1.54) is 0 Å². The van der Waals surface area contributed by atoms with Crippen molar-refractivity contribution in [1.82, 2.24) is 5.32 Å². The number of hydrogen-bond donors (Lipinski definition) is 4. The standard InChI is InChI=1S/C2H5Cl2NO.CH2O3/c3-2(4)5-1-6;2-1(3)4/h2,5-6H,1H2;(H2,2,3,4). The number of aliphatic hydroxyl groups excluding tert-OH is 1. The molecular formula is C3H7Cl2NO4. The number of halogens is 2. The van der Waals surface area contributed by atoms with Crippen molar-refractivity contribution in [3.05, 3.63) is 0 Å².